The van der Waals surface area contributed by atoms with Crippen LogP contribution in [0.2, 0.25) is 0 Å². The van der Waals surface area contributed by atoms with Crippen LogP contribution in [0.4, 0.5) is 11.4 Å². The predicted molar refractivity (Wildman–Crippen MR) is 232 cm³/mol. The highest BCUT2D eigenvalue weighted by Crippen LogP contribution is 2.47. The number of nitrogens with two attached hydrogens (primary N) is 2. The second-order valence-corrected chi connectivity index (χ2v) is 16.8. The van der Waals surface area contributed by atoms with Crippen LogP contribution in [0, 0.1) is 5.92 Å². The second-order valence-electron chi connectivity index (χ2n) is 16.8. The minimum absolute atomic E-state index is 0.0634. The maximum Gasteiger partial charge on any atom is 0.0314 e. The quantitative estimate of drug-likeness (QED) is 0.0629. The highest BCUT2D eigenvalue weighted by Gasteiger charge is 2.37. The van der Waals surface area contributed by atoms with Gasteiger partial charge in [0.05, 0.1) is 0 Å². The van der Waals surface area contributed by atoms with Gasteiger partial charge in [0, 0.05) is 28.6 Å². The molecule has 53 heavy (non-hydrogen) atoms. The molecule has 4 N–H and O–H groups in total. The van der Waals surface area contributed by atoms with Crippen molar-refractivity contribution in [2.75, 3.05) is 11.5 Å². The SMILES string of the molecule is CCCCCCCCCC(c1ccc(N)cc1)c1ccc(C2(c3ccc(C(CCCCCCCCC)c4ccc(N)cc4)cc3)CCC(C)CC2)cc1. The van der Waals surface area contributed by atoms with Gasteiger partial charge >= 0.3 is 0 Å². The van der Waals surface area contributed by atoms with Crippen LogP contribution in [0.5, 0.6) is 0 Å². The average Bonchev–Trinajstić information content (AvgIpc) is 3.19. The van der Waals surface area contributed by atoms with Crippen LogP contribution < -0.4 is 11.5 Å². The average molecular weight is 713 g/mol. The van der Waals surface area contributed by atoms with Crippen molar-refractivity contribution < 1.29 is 0 Å². The summed E-state index contributed by atoms with van der Waals surface area (Å²) in [6.07, 6.45) is 26.1. The topological polar surface area (TPSA) is 52.0 Å². The summed E-state index contributed by atoms with van der Waals surface area (Å²) >= 11 is 0. The van der Waals surface area contributed by atoms with Crippen LogP contribution in [-0.2, 0) is 5.41 Å². The van der Waals surface area contributed by atoms with Gasteiger partial charge in [-0.3, -0.25) is 0 Å². The van der Waals surface area contributed by atoms with Crippen molar-refractivity contribution in [3.05, 3.63) is 130 Å². The molecule has 0 aliphatic heterocycles. The molecule has 2 heteroatoms. The van der Waals surface area contributed by atoms with Crippen LogP contribution in [0.3, 0.4) is 0 Å². The zero-order chi connectivity index (χ0) is 37.3. The molecule has 5 rings (SSSR count). The summed E-state index contributed by atoms with van der Waals surface area (Å²) in [5.41, 5.74) is 22.7. The Labute approximate surface area is 324 Å². The molecule has 0 amide bonds. The summed E-state index contributed by atoms with van der Waals surface area (Å²) in [7, 11) is 0. The molecule has 1 aliphatic rings. The molecule has 2 atom stereocenters. The molecule has 0 radical (unpaired) electrons. The van der Waals surface area contributed by atoms with Crippen LogP contribution in [-0.4, -0.2) is 0 Å². The van der Waals surface area contributed by atoms with Crippen molar-refractivity contribution in [2.45, 2.75) is 166 Å². The van der Waals surface area contributed by atoms with Gasteiger partial charge in [0.1, 0.15) is 0 Å². The molecule has 0 aromatic heterocycles. The van der Waals surface area contributed by atoms with Crippen molar-refractivity contribution in [3.63, 3.8) is 0 Å². The molecule has 4 aromatic rings. The zero-order valence-corrected chi connectivity index (χ0v) is 33.8. The molecule has 1 fully saturated rings. The van der Waals surface area contributed by atoms with Gasteiger partial charge in [0.15, 0.2) is 0 Å². The van der Waals surface area contributed by atoms with Crippen LogP contribution in [0.15, 0.2) is 97.1 Å². The summed E-state index contributed by atoms with van der Waals surface area (Å²) in [6, 6.07) is 37.2. The van der Waals surface area contributed by atoms with E-state index >= 15 is 0 Å². The summed E-state index contributed by atoms with van der Waals surface area (Å²) in [4.78, 5) is 0. The highest BCUT2D eigenvalue weighted by atomic mass is 14.5. The first-order chi connectivity index (χ1) is 25.9. The number of rotatable bonds is 22. The Morgan fingerprint density at radius 1 is 0.453 bits per heavy atom. The maximum absolute atomic E-state index is 6.13. The standard InChI is InChI=1S/C51H72N2/c1-4-6-8-10-12-14-16-18-49(43-24-32-47(52)33-25-43)41-20-28-45(29-21-41)51(38-36-40(3)37-39-51)46-30-22-42(23-31-46)50(44-26-34-48(53)35-27-44)19-17-15-13-11-9-7-5-2/h20-35,40,49-50H,4-19,36-39,52-53H2,1-3H3. The lowest BCUT2D eigenvalue weighted by atomic mass is 9.63. The van der Waals surface area contributed by atoms with E-state index in [9.17, 15) is 0 Å². The number of anilines is 2. The number of nitrogen functional groups attached to an aromatic ring is 2. The summed E-state index contributed by atoms with van der Waals surface area (Å²) in [5.74, 6) is 1.60. The number of unbranched alkanes of at least 4 members (excludes halogenated alkanes) is 12. The molecule has 4 aromatic carbocycles. The fourth-order valence-electron chi connectivity index (χ4n) is 9.19. The van der Waals surface area contributed by atoms with Crippen molar-refractivity contribution in [1.82, 2.24) is 0 Å². The lowest BCUT2D eigenvalue weighted by molar-refractivity contribution is 0.280. The monoisotopic (exact) mass is 713 g/mol. The maximum atomic E-state index is 6.13. The minimum atomic E-state index is 0.0634. The third-order valence-electron chi connectivity index (χ3n) is 12.7. The Kier molecular flexibility index (Phi) is 16.4. The predicted octanol–water partition coefficient (Wildman–Crippen LogP) is 14.9. The van der Waals surface area contributed by atoms with E-state index in [1.165, 1.54) is 162 Å². The van der Waals surface area contributed by atoms with Gasteiger partial charge in [-0.1, -0.05) is 183 Å². The van der Waals surface area contributed by atoms with Crippen molar-refractivity contribution in [3.8, 4) is 0 Å². The Morgan fingerprint density at radius 2 is 0.755 bits per heavy atom. The lowest BCUT2D eigenvalue weighted by Crippen LogP contribution is -2.32. The van der Waals surface area contributed by atoms with E-state index in [1.54, 1.807) is 0 Å². The van der Waals surface area contributed by atoms with Crippen molar-refractivity contribution >= 4 is 11.4 Å². The van der Waals surface area contributed by atoms with Gasteiger partial charge in [-0.25, -0.2) is 0 Å². The molecule has 0 bridgehead atoms. The van der Waals surface area contributed by atoms with Crippen molar-refractivity contribution in [2.24, 2.45) is 5.92 Å². The molecule has 0 saturated heterocycles. The van der Waals surface area contributed by atoms with Crippen LogP contribution >= 0.6 is 0 Å². The largest absolute Gasteiger partial charge is 0.399 e. The van der Waals surface area contributed by atoms with Gasteiger partial charge in [0.25, 0.3) is 0 Å². The Balaban J connectivity index is 1.36. The number of hydrogen-bond acceptors (Lipinski definition) is 2. The van der Waals surface area contributed by atoms with Gasteiger partial charge in [-0.2, -0.15) is 0 Å². The fourth-order valence-corrected chi connectivity index (χ4v) is 9.19. The molecule has 0 heterocycles. The third kappa shape index (κ3) is 11.7. The highest BCUT2D eigenvalue weighted by molar-refractivity contribution is 5.47. The lowest BCUT2D eigenvalue weighted by Gasteiger charge is -2.41. The Hall–Kier alpha value is -3.52. The minimum Gasteiger partial charge on any atom is -0.399 e. The number of benzene rings is 4. The van der Waals surface area contributed by atoms with E-state index in [1.807, 2.05) is 0 Å². The third-order valence-corrected chi connectivity index (χ3v) is 12.7. The van der Waals surface area contributed by atoms with Crippen molar-refractivity contribution in [1.29, 1.82) is 0 Å². The molecule has 2 nitrogen and oxygen atoms in total. The molecule has 286 valence electrons. The first kappa shape index (κ1) is 40.7. The summed E-state index contributed by atoms with van der Waals surface area (Å²) in [5, 5.41) is 0. The van der Waals surface area contributed by atoms with Gasteiger partial charge in [0.2, 0.25) is 0 Å². The van der Waals surface area contributed by atoms with E-state index in [4.69, 9.17) is 11.5 Å². The molecular weight excluding hydrogens is 641 g/mol. The van der Waals surface area contributed by atoms with E-state index in [2.05, 4.69) is 118 Å². The molecule has 1 saturated carbocycles. The zero-order valence-electron chi connectivity index (χ0n) is 33.8. The fraction of sp³-hybridized carbons (Fsp3) is 0.529. The summed E-state index contributed by atoms with van der Waals surface area (Å²) < 4.78 is 0. The summed E-state index contributed by atoms with van der Waals surface area (Å²) in [6.45, 7) is 7.04. The first-order valence-corrected chi connectivity index (χ1v) is 21.8. The second kappa shape index (κ2) is 21.4. The van der Waals surface area contributed by atoms with Gasteiger partial charge in [-0.05, 0) is 102 Å². The number of hydrogen-bond donors (Lipinski definition) is 2. The Morgan fingerprint density at radius 3 is 1.09 bits per heavy atom. The van der Waals surface area contributed by atoms with Crippen LogP contribution in [0.1, 0.15) is 194 Å². The van der Waals surface area contributed by atoms with E-state index in [0.29, 0.717) is 11.8 Å². The van der Waals surface area contributed by atoms with E-state index in [0.717, 1.165) is 17.3 Å². The normalized spacial score (nSPS) is 18.5. The molecule has 1 aliphatic carbocycles. The molecular formula is C51H72N2. The Bertz CT molecular complexity index is 1450. The molecule has 2 unspecified atom stereocenters. The van der Waals surface area contributed by atoms with Gasteiger partial charge in [-0.15, -0.1) is 0 Å². The smallest absolute Gasteiger partial charge is 0.0314 e. The molecule has 0 spiro atoms. The first-order valence-electron chi connectivity index (χ1n) is 21.8. The van der Waals surface area contributed by atoms with E-state index < -0.39 is 0 Å². The van der Waals surface area contributed by atoms with Crippen LogP contribution in [0.25, 0.3) is 0 Å². The van der Waals surface area contributed by atoms with Gasteiger partial charge < -0.3 is 11.5 Å². The van der Waals surface area contributed by atoms with E-state index in [-0.39, 0.29) is 5.41 Å².